The molecule has 1 aromatic heterocycles. The number of ether oxygens (including phenoxy) is 1. The quantitative estimate of drug-likeness (QED) is 0.757. The maximum Gasteiger partial charge on any atom is 0.341 e. The Morgan fingerprint density at radius 3 is 3.00 bits per heavy atom. The van der Waals surface area contributed by atoms with Gasteiger partial charge in [0.25, 0.3) is 0 Å². The number of hydrogen-bond donors (Lipinski definition) is 1. The maximum atomic E-state index is 11.4. The van der Waals surface area contributed by atoms with E-state index in [9.17, 15) is 4.79 Å². The van der Waals surface area contributed by atoms with E-state index >= 15 is 0 Å². The van der Waals surface area contributed by atoms with Crippen molar-refractivity contribution in [3.05, 3.63) is 35.6 Å². The van der Waals surface area contributed by atoms with E-state index in [0.717, 1.165) is 10.9 Å². The smallest absolute Gasteiger partial charge is 0.341 e. The number of carbonyl (C=O) groups excluding carboxylic acids is 1. The first-order chi connectivity index (χ1) is 7.27. The zero-order valence-electron chi connectivity index (χ0n) is 8.32. The number of benzene rings is 1. The van der Waals surface area contributed by atoms with Crippen molar-refractivity contribution in [3.8, 4) is 0 Å². The average Bonchev–Trinajstić information content (AvgIpc) is 2.70. The van der Waals surface area contributed by atoms with Gasteiger partial charge in [-0.15, -0.1) is 0 Å². The van der Waals surface area contributed by atoms with E-state index in [-0.39, 0.29) is 0 Å². The van der Waals surface area contributed by atoms with Crippen molar-refractivity contribution in [2.75, 3.05) is 7.11 Å². The van der Waals surface area contributed by atoms with E-state index in [1.165, 1.54) is 7.11 Å². The summed E-state index contributed by atoms with van der Waals surface area (Å²) in [6.07, 6.45) is 1.57. The third-order valence-corrected chi connectivity index (χ3v) is 2.31. The Balaban J connectivity index is 2.67. The van der Waals surface area contributed by atoms with Crippen LogP contribution in [0.1, 0.15) is 15.9 Å². The van der Waals surface area contributed by atoms with E-state index in [4.69, 9.17) is 10.2 Å². The molecule has 0 aliphatic carbocycles. The minimum atomic E-state index is -0.404. The summed E-state index contributed by atoms with van der Waals surface area (Å²) in [5, 5.41) is 0.861. The van der Waals surface area contributed by atoms with Gasteiger partial charge in [-0.1, -0.05) is 12.1 Å². The van der Waals surface area contributed by atoms with Gasteiger partial charge in [0, 0.05) is 17.5 Å². The molecule has 4 nitrogen and oxygen atoms in total. The summed E-state index contributed by atoms with van der Waals surface area (Å²) in [5.74, 6) is -0.404. The Bertz CT molecular complexity index is 502. The van der Waals surface area contributed by atoms with Gasteiger partial charge < -0.3 is 14.9 Å². The summed E-state index contributed by atoms with van der Waals surface area (Å²) >= 11 is 0. The molecule has 2 aromatic rings. The Hall–Kier alpha value is -1.81. The fourth-order valence-corrected chi connectivity index (χ4v) is 1.54. The largest absolute Gasteiger partial charge is 0.465 e. The molecule has 0 atom stereocenters. The molecular formula is C11H11NO3. The molecule has 0 fully saturated rings. The van der Waals surface area contributed by atoms with Crippen molar-refractivity contribution >= 4 is 16.9 Å². The number of esters is 1. The van der Waals surface area contributed by atoms with Gasteiger partial charge in [-0.2, -0.15) is 0 Å². The molecule has 0 aliphatic heterocycles. The van der Waals surface area contributed by atoms with Crippen LogP contribution in [0.5, 0.6) is 0 Å². The molecule has 0 saturated heterocycles. The molecule has 0 saturated carbocycles. The number of carbonyl (C=O) groups is 1. The summed E-state index contributed by atoms with van der Waals surface area (Å²) < 4.78 is 9.97. The maximum absolute atomic E-state index is 11.4. The van der Waals surface area contributed by atoms with Crippen LogP contribution in [0.15, 0.2) is 28.9 Å². The topological polar surface area (TPSA) is 65.5 Å². The highest BCUT2D eigenvalue weighted by molar-refractivity contribution is 6.02. The van der Waals surface area contributed by atoms with Crippen LogP contribution in [0.25, 0.3) is 11.0 Å². The van der Waals surface area contributed by atoms with Gasteiger partial charge in [-0.05, 0) is 6.07 Å². The molecule has 0 bridgehead atoms. The number of furan rings is 1. The van der Waals surface area contributed by atoms with E-state index in [0.29, 0.717) is 17.7 Å². The number of para-hydroxylation sites is 1. The Labute approximate surface area is 86.6 Å². The molecule has 78 valence electrons. The van der Waals surface area contributed by atoms with Crippen molar-refractivity contribution in [1.29, 1.82) is 0 Å². The summed E-state index contributed by atoms with van der Waals surface area (Å²) in [7, 11) is 1.34. The lowest BCUT2D eigenvalue weighted by molar-refractivity contribution is 0.0602. The molecule has 0 aliphatic rings. The second-order valence-electron chi connectivity index (χ2n) is 3.14. The average molecular weight is 205 g/mol. The third-order valence-electron chi connectivity index (χ3n) is 2.31. The van der Waals surface area contributed by atoms with E-state index in [1.54, 1.807) is 18.4 Å². The molecular weight excluding hydrogens is 194 g/mol. The second kappa shape index (κ2) is 3.74. The van der Waals surface area contributed by atoms with Gasteiger partial charge in [0.15, 0.2) is 0 Å². The molecule has 4 heteroatoms. The van der Waals surface area contributed by atoms with Crippen molar-refractivity contribution in [1.82, 2.24) is 0 Å². The van der Waals surface area contributed by atoms with Gasteiger partial charge in [0.2, 0.25) is 0 Å². The van der Waals surface area contributed by atoms with Crippen molar-refractivity contribution in [2.45, 2.75) is 6.54 Å². The number of hydrogen-bond acceptors (Lipinski definition) is 4. The molecule has 2 N–H and O–H groups in total. The van der Waals surface area contributed by atoms with E-state index in [1.807, 2.05) is 6.07 Å². The highest BCUT2D eigenvalue weighted by Gasteiger charge is 2.14. The van der Waals surface area contributed by atoms with Crippen LogP contribution in [0.3, 0.4) is 0 Å². The molecule has 15 heavy (non-hydrogen) atoms. The minimum Gasteiger partial charge on any atom is -0.465 e. The van der Waals surface area contributed by atoms with E-state index < -0.39 is 5.97 Å². The van der Waals surface area contributed by atoms with Crippen molar-refractivity contribution < 1.29 is 13.9 Å². The zero-order chi connectivity index (χ0) is 10.8. The molecule has 0 unspecified atom stereocenters. The zero-order valence-corrected chi connectivity index (χ0v) is 8.32. The fourth-order valence-electron chi connectivity index (χ4n) is 1.54. The molecule has 0 amide bonds. The molecule has 0 spiro atoms. The SMILES string of the molecule is COC(=O)c1cccc2c(CN)coc12. The molecule has 2 rings (SSSR count). The van der Waals surface area contributed by atoms with Gasteiger partial charge >= 0.3 is 5.97 Å². The number of rotatable bonds is 2. The predicted molar refractivity (Wildman–Crippen MR) is 55.4 cm³/mol. The first kappa shape index (κ1) is 9.73. The second-order valence-corrected chi connectivity index (χ2v) is 3.14. The normalized spacial score (nSPS) is 10.5. The van der Waals surface area contributed by atoms with Gasteiger partial charge in [-0.3, -0.25) is 0 Å². The Morgan fingerprint density at radius 2 is 2.33 bits per heavy atom. The Morgan fingerprint density at radius 1 is 1.53 bits per heavy atom. The number of fused-ring (bicyclic) bond motifs is 1. The lowest BCUT2D eigenvalue weighted by Crippen LogP contribution is -2.01. The first-order valence-electron chi connectivity index (χ1n) is 4.55. The van der Waals surface area contributed by atoms with Gasteiger partial charge in [0.05, 0.1) is 13.4 Å². The minimum absolute atomic E-state index is 0.387. The summed E-state index contributed by atoms with van der Waals surface area (Å²) in [6, 6.07) is 5.31. The fraction of sp³-hybridized carbons (Fsp3) is 0.182. The summed E-state index contributed by atoms with van der Waals surface area (Å²) in [4.78, 5) is 11.4. The number of methoxy groups -OCH3 is 1. The van der Waals surface area contributed by atoms with Crippen LogP contribution < -0.4 is 5.73 Å². The molecule has 0 radical (unpaired) electrons. The molecule has 1 aromatic carbocycles. The highest BCUT2D eigenvalue weighted by Crippen LogP contribution is 2.24. The van der Waals surface area contributed by atoms with Crippen LogP contribution in [0.4, 0.5) is 0 Å². The standard InChI is InChI=1S/C11H11NO3/c1-14-11(13)9-4-2-3-8-7(5-12)6-15-10(8)9/h2-4,6H,5,12H2,1H3. The van der Waals surface area contributed by atoms with Crippen molar-refractivity contribution in [2.24, 2.45) is 5.73 Å². The summed E-state index contributed by atoms with van der Waals surface area (Å²) in [6.45, 7) is 0.387. The van der Waals surface area contributed by atoms with Crippen LogP contribution >= 0.6 is 0 Å². The van der Waals surface area contributed by atoms with E-state index in [2.05, 4.69) is 4.74 Å². The number of nitrogens with two attached hydrogens (primary N) is 1. The first-order valence-corrected chi connectivity index (χ1v) is 4.55. The van der Waals surface area contributed by atoms with Crippen LogP contribution in [0.2, 0.25) is 0 Å². The Kier molecular flexibility index (Phi) is 2.43. The lowest BCUT2D eigenvalue weighted by atomic mass is 10.1. The highest BCUT2D eigenvalue weighted by atomic mass is 16.5. The van der Waals surface area contributed by atoms with Gasteiger partial charge in [-0.25, -0.2) is 4.79 Å². The van der Waals surface area contributed by atoms with Crippen LogP contribution in [-0.2, 0) is 11.3 Å². The van der Waals surface area contributed by atoms with Crippen LogP contribution in [-0.4, -0.2) is 13.1 Å². The van der Waals surface area contributed by atoms with Crippen LogP contribution in [0, 0.1) is 0 Å². The third kappa shape index (κ3) is 1.49. The lowest BCUT2D eigenvalue weighted by Gasteiger charge is -1.99. The van der Waals surface area contributed by atoms with Gasteiger partial charge in [0.1, 0.15) is 11.1 Å². The monoisotopic (exact) mass is 205 g/mol. The predicted octanol–water partition coefficient (Wildman–Crippen LogP) is 1.68. The van der Waals surface area contributed by atoms with Crippen molar-refractivity contribution in [3.63, 3.8) is 0 Å². The summed E-state index contributed by atoms with van der Waals surface area (Å²) in [5.41, 5.74) is 7.39. The molecule has 1 heterocycles.